The summed E-state index contributed by atoms with van der Waals surface area (Å²) in [5, 5.41) is 0. The zero-order valence-electron chi connectivity index (χ0n) is 17.7. The molecule has 0 heterocycles. The fraction of sp³-hybridized carbons (Fsp3) is 0.636. The number of hydrogen-bond acceptors (Lipinski definition) is 0. The van der Waals surface area contributed by atoms with Crippen LogP contribution < -0.4 is 24.8 Å². The molecule has 0 radical (unpaired) electrons. The third-order valence-corrected chi connectivity index (χ3v) is 8.90. The van der Waals surface area contributed by atoms with Crippen molar-refractivity contribution < 1.29 is 48.0 Å². The molecule has 0 aromatic heterocycles. The first-order valence-electron chi connectivity index (χ1n) is 8.91. The van der Waals surface area contributed by atoms with Crippen molar-refractivity contribution in [3.8, 4) is 0 Å². The Labute approximate surface area is 180 Å². The van der Waals surface area contributed by atoms with Gasteiger partial charge in [0.15, 0.2) is 0 Å². The average Bonchev–Trinajstić information content (AvgIpc) is 2.76. The van der Waals surface area contributed by atoms with Crippen LogP contribution in [0, 0.1) is 10.8 Å². The van der Waals surface area contributed by atoms with Crippen molar-refractivity contribution in [1.29, 1.82) is 0 Å². The number of halogens is 2. The van der Waals surface area contributed by atoms with Crippen LogP contribution in [0.2, 0.25) is 0 Å². The second kappa shape index (κ2) is 8.62. The molecule has 140 valence electrons. The van der Waals surface area contributed by atoms with Gasteiger partial charge in [-0.1, -0.05) is 0 Å². The quantitative estimate of drug-likeness (QED) is 0.580. The van der Waals surface area contributed by atoms with Crippen LogP contribution in [0.1, 0.15) is 82.1 Å². The van der Waals surface area contributed by atoms with Crippen LogP contribution in [0.5, 0.6) is 0 Å². The van der Waals surface area contributed by atoms with Gasteiger partial charge in [0.05, 0.1) is 0 Å². The fourth-order valence-electron chi connectivity index (χ4n) is 4.28. The summed E-state index contributed by atoms with van der Waals surface area (Å²) in [4.78, 5) is 0. The molecule has 0 amide bonds. The molecule has 0 aromatic carbocycles. The number of allylic oxidation sites excluding steroid dienone is 8. The summed E-state index contributed by atoms with van der Waals surface area (Å²) in [7, 11) is 0. The summed E-state index contributed by atoms with van der Waals surface area (Å²) in [5.41, 5.74) is 10.4. The van der Waals surface area contributed by atoms with E-state index >= 15 is 0 Å². The van der Waals surface area contributed by atoms with E-state index in [0.29, 0.717) is 0 Å². The topological polar surface area (TPSA) is 0 Å². The van der Waals surface area contributed by atoms with E-state index in [1.165, 1.54) is 12.8 Å². The van der Waals surface area contributed by atoms with Gasteiger partial charge in [0.1, 0.15) is 0 Å². The summed E-state index contributed by atoms with van der Waals surface area (Å²) in [6, 6.07) is 0. The molecule has 3 heteroatoms. The molecule has 2 aliphatic carbocycles. The van der Waals surface area contributed by atoms with Crippen molar-refractivity contribution in [2.24, 2.45) is 10.8 Å². The molecule has 2 aliphatic rings. The normalized spacial score (nSPS) is 18.6. The fourth-order valence-corrected chi connectivity index (χ4v) is 10.3. The Bertz CT molecular complexity index is 601. The Morgan fingerprint density at radius 3 is 1.12 bits per heavy atom. The molecule has 0 bridgehead atoms. The predicted molar refractivity (Wildman–Crippen MR) is 98.9 cm³/mol. The molecule has 25 heavy (non-hydrogen) atoms. The Hall–Kier alpha value is 0.423. The summed E-state index contributed by atoms with van der Waals surface area (Å²) in [5.74, 6) is 0. The Morgan fingerprint density at radius 1 is 0.600 bits per heavy atom. The van der Waals surface area contributed by atoms with Crippen molar-refractivity contribution in [3.05, 3.63) is 40.0 Å². The molecule has 2 rings (SSSR count). The molecular weight excluding hydrogens is 426 g/mol. The van der Waals surface area contributed by atoms with Crippen molar-refractivity contribution in [1.82, 2.24) is 0 Å². The molecule has 0 atom stereocenters. The minimum absolute atomic E-state index is 0. The minimum Gasteiger partial charge on any atom is -1.00 e. The molecule has 0 fully saturated rings. The zero-order chi connectivity index (χ0) is 17.7. The van der Waals surface area contributed by atoms with E-state index in [1.807, 2.05) is 6.56 Å². The van der Waals surface area contributed by atoms with Gasteiger partial charge in [-0.05, 0) is 0 Å². The molecule has 0 N–H and O–H groups in total. The van der Waals surface area contributed by atoms with Gasteiger partial charge in [-0.3, -0.25) is 0 Å². The maximum Gasteiger partial charge on any atom is -1.00 e. The van der Waals surface area contributed by atoms with E-state index in [-0.39, 0.29) is 35.6 Å². The molecule has 0 aliphatic heterocycles. The van der Waals surface area contributed by atoms with Gasteiger partial charge >= 0.3 is 156 Å². The Morgan fingerprint density at radius 2 is 0.880 bits per heavy atom. The first-order valence-corrected chi connectivity index (χ1v) is 11.4. The van der Waals surface area contributed by atoms with Gasteiger partial charge < -0.3 is 24.8 Å². The summed E-state index contributed by atoms with van der Waals surface area (Å²) in [6.45, 7) is 23.8. The van der Waals surface area contributed by atoms with Crippen LogP contribution in [0.3, 0.4) is 0 Å². The van der Waals surface area contributed by atoms with Crippen molar-refractivity contribution in [3.63, 3.8) is 0 Å². The molecule has 0 unspecified atom stereocenters. The number of rotatable bonds is 2. The van der Waals surface area contributed by atoms with Crippen molar-refractivity contribution >= 4 is 0 Å². The van der Waals surface area contributed by atoms with Crippen LogP contribution in [0.25, 0.3) is 0 Å². The maximum atomic E-state index is 2.40. The Kier molecular flexibility index (Phi) is 8.77. The molecular formula is C22H34Cl2Zr. The van der Waals surface area contributed by atoms with E-state index in [1.54, 1.807) is 33.4 Å². The summed E-state index contributed by atoms with van der Waals surface area (Å²) >= 11 is -0.680. The van der Waals surface area contributed by atoms with Gasteiger partial charge in [-0.25, -0.2) is 0 Å². The summed E-state index contributed by atoms with van der Waals surface area (Å²) in [6.07, 6.45) is 2.51. The van der Waals surface area contributed by atoms with Crippen LogP contribution in [-0.2, 0) is 23.2 Å². The van der Waals surface area contributed by atoms with E-state index in [4.69, 9.17) is 0 Å². The van der Waals surface area contributed by atoms with Gasteiger partial charge in [0.2, 0.25) is 0 Å². The van der Waals surface area contributed by atoms with Crippen LogP contribution in [0.15, 0.2) is 40.0 Å². The van der Waals surface area contributed by atoms with Crippen molar-refractivity contribution in [2.75, 3.05) is 0 Å². The standard InChI is InChI=1S/2C11H17.2ClH.Zr/c2*1-8-6-7-10(9(8)2)11(3,4)5;;;/h2*6H2,1-5H3;2*1H;/q;;;;+2/p-2. The SMILES string of the molecule is CC1=C(C)C(C(C)(C)C)=[C]([Zr+2][C]2=C(C(C)(C)C)C(C)=C(C)C2)C1.[Cl-].[Cl-]. The molecule has 0 aromatic rings. The van der Waals surface area contributed by atoms with Crippen LogP contribution in [0.4, 0.5) is 0 Å². The monoisotopic (exact) mass is 458 g/mol. The van der Waals surface area contributed by atoms with Crippen molar-refractivity contribution in [2.45, 2.75) is 82.1 Å². The smallest absolute Gasteiger partial charge is 1.00 e. The number of hydrogen-bond donors (Lipinski definition) is 0. The van der Waals surface area contributed by atoms with E-state index in [9.17, 15) is 0 Å². The zero-order valence-corrected chi connectivity index (χ0v) is 21.6. The maximum absolute atomic E-state index is 2.40. The summed E-state index contributed by atoms with van der Waals surface area (Å²) < 4.78 is 3.69. The third-order valence-electron chi connectivity index (χ3n) is 5.32. The van der Waals surface area contributed by atoms with Gasteiger partial charge in [-0.15, -0.1) is 0 Å². The largest absolute Gasteiger partial charge is 1.00 e. The molecule has 0 saturated carbocycles. The third kappa shape index (κ3) is 5.24. The first-order chi connectivity index (χ1) is 10.3. The molecule has 0 spiro atoms. The molecule has 0 saturated heterocycles. The van der Waals surface area contributed by atoms with Gasteiger partial charge in [-0.2, -0.15) is 0 Å². The molecule has 0 nitrogen and oxygen atoms in total. The predicted octanol–water partition coefficient (Wildman–Crippen LogP) is 1.16. The van der Waals surface area contributed by atoms with Crippen LogP contribution >= 0.6 is 0 Å². The first kappa shape index (κ1) is 25.4. The van der Waals surface area contributed by atoms with Crippen LogP contribution in [-0.4, -0.2) is 0 Å². The van der Waals surface area contributed by atoms with E-state index in [0.717, 1.165) is 0 Å². The second-order valence-corrected chi connectivity index (χ2v) is 13.1. The second-order valence-electron chi connectivity index (χ2n) is 9.50. The van der Waals surface area contributed by atoms with E-state index < -0.39 is 23.2 Å². The van der Waals surface area contributed by atoms with E-state index in [2.05, 4.69) is 69.2 Å². The van der Waals surface area contributed by atoms with Gasteiger partial charge in [0, 0.05) is 0 Å². The van der Waals surface area contributed by atoms with Gasteiger partial charge in [0.25, 0.3) is 0 Å². The minimum atomic E-state index is -0.680. The average molecular weight is 461 g/mol. The Balaban J connectivity index is 0.00000288.